The van der Waals surface area contributed by atoms with Gasteiger partial charge in [0.05, 0.1) is 0 Å². The molecule has 1 heterocycles. The van der Waals surface area contributed by atoms with E-state index >= 15 is 0 Å². The Kier molecular flexibility index (Phi) is 5.84. The van der Waals surface area contributed by atoms with E-state index in [1.54, 1.807) is 14.2 Å². The topological polar surface area (TPSA) is 33.7 Å². The largest absolute Gasteiger partial charge is 0.377 e. The molecule has 5 heteroatoms. The van der Waals surface area contributed by atoms with Crippen LogP contribution in [0.4, 0.5) is 5.69 Å². The normalized spacial score (nSPS) is 22.5. The Labute approximate surface area is 129 Å². The molecule has 0 radical (unpaired) electrons. The zero-order chi connectivity index (χ0) is 14.5. The molecule has 2 rings (SSSR count). The molecule has 1 aromatic rings. The van der Waals surface area contributed by atoms with Gasteiger partial charge in [-0.25, -0.2) is 0 Å². The highest BCUT2D eigenvalue weighted by atomic mass is 79.9. The van der Waals surface area contributed by atoms with Crippen LogP contribution in [0.2, 0.25) is 0 Å². The van der Waals surface area contributed by atoms with Gasteiger partial charge in [0.25, 0.3) is 0 Å². The van der Waals surface area contributed by atoms with Crippen LogP contribution < -0.4 is 10.2 Å². The first-order valence-corrected chi connectivity index (χ1v) is 7.78. The highest BCUT2D eigenvalue weighted by Crippen LogP contribution is 2.29. The van der Waals surface area contributed by atoms with Gasteiger partial charge in [0.15, 0.2) is 0 Å². The van der Waals surface area contributed by atoms with Crippen LogP contribution in [-0.4, -0.2) is 46.1 Å². The minimum atomic E-state index is 0.131. The summed E-state index contributed by atoms with van der Waals surface area (Å²) in [6.45, 7) is 5.70. The minimum absolute atomic E-state index is 0.131. The highest BCUT2D eigenvalue weighted by molar-refractivity contribution is 9.10. The zero-order valence-corrected chi connectivity index (χ0v) is 13.9. The van der Waals surface area contributed by atoms with E-state index in [1.807, 2.05) is 0 Å². The molecule has 0 spiro atoms. The molecule has 1 saturated heterocycles. The summed E-state index contributed by atoms with van der Waals surface area (Å²) >= 11 is 3.57. The van der Waals surface area contributed by atoms with Crippen molar-refractivity contribution in [1.29, 1.82) is 0 Å². The fourth-order valence-corrected chi connectivity index (χ4v) is 2.98. The molecule has 0 aliphatic carbocycles. The van der Waals surface area contributed by atoms with Crippen molar-refractivity contribution in [2.24, 2.45) is 0 Å². The summed E-state index contributed by atoms with van der Waals surface area (Å²) in [5.41, 5.74) is 2.56. The number of anilines is 1. The van der Waals surface area contributed by atoms with Crippen molar-refractivity contribution in [3.63, 3.8) is 0 Å². The maximum atomic E-state index is 5.52. The van der Waals surface area contributed by atoms with E-state index < -0.39 is 0 Å². The Balaban J connectivity index is 2.21. The molecule has 1 aliphatic heterocycles. The quantitative estimate of drug-likeness (QED) is 0.860. The number of nitrogens with one attached hydrogen (secondary N) is 1. The van der Waals surface area contributed by atoms with Gasteiger partial charge in [-0.1, -0.05) is 28.9 Å². The summed E-state index contributed by atoms with van der Waals surface area (Å²) in [5, 5.41) is 3.39. The second kappa shape index (κ2) is 7.41. The fourth-order valence-electron chi connectivity index (χ4n) is 2.63. The molecule has 1 fully saturated rings. The van der Waals surface area contributed by atoms with E-state index in [0.29, 0.717) is 0 Å². The van der Waals surface area contributed by atoms with Crippen LogP contribution in [-0.2, 0) is 16.0 Å². The molecular weight excluding hydrogens is 320 g/mol. The van der Waals surface area contributed by atoms with Gasteiger partial charge in [0.2, 0.25) is 0 Å². The lowest BCUT2D eigenvalue weighted by atomic mass is 10.1. The maximum Gasteiger partial charge on any atom is 0.102 e. The van der Waals surface area contributed by atoms with E-state index in [4.69, 9.17) is 9.47 Å². The summed E-state index contributed by atoms with van der Waals surface area (Å²) < 4.78 is 12.1. The lowest BCUT2D eigenvalue weighted by Gasteiger charge is -2.22. The van der Waals surface area contributed by atoms with Gasteiger partial charge >= 0.3 is 0 Å². The van der Waals surface area contributed by atoms with Gasteiger partial charge in [-0.05, 0) is 24.2 Å². The smallest absolute Gasteiger partial charge is 0.102 e. The summed E-state index contributed by atoms with van der Waals surface area (Å²) in [6, 6.07) is 6.44. The van der Waals surface area contributed by atoms with Crippen LogP contribution in [0.15, 0.2) is 22.7 Å². The number of hydrogen-bond acceptors (Lipinski definition) is 4. The van der Waals surface area contributed by atoms with E-state index in [2.05, 4.69) is 51.3 Å². The van der Waals surface area contributed by atoms with Crippen molar-refractivity contribution in [1.82, 2.24) is 5.32 Å². The first-order chi connectivity index (χ1) is 9.69. The first kappa shape index (κ1) is 15.8. The second-order valence-electron chi connectivity index (χ2n) is 5.01. The Morgan fingerprint density at radius 1 is 1.25 bits per heavy atom. The summed E-state index contributed by atoms with van der Waals surface area (Å²) in [6.07, 6.45) is 0.261. The molecule has 4 nitrogen and oxygen atoms in total. The first-order valence-electron chi connectivity index (χ1n) is 6.99. The molecule has 0 saturated carbocycles. The standard InChI is InChI=1S/C15H23BrN2O2/c1-4-17-8-11-5-6-12(16)7-13(11)18-9-14(19-2)15(10-18)20-3/h5-7,14-15,17H,4,8-10H2,1-3H3. The molecule has 1 aromatic carbocycles. The van der Waals surface area contributed by atoms with Crippen LogP contribution in [0.25, 0.3) is 0 Å². The van der Waals surface area contributed by atoms with E-state index in [-0.39, 0.29) is 12.2 Å². The molecule has 1 aliphatic rings. The van der Waals surface area contributed by atoms with Crippen molar-refractivity contribution >= 4 is 21.6 Å². The number of ether oxygens (including phenoxy) is 2. The predicted octanol–water partition coefficient (Wildman–Crippen LogP) is 2.41. The number of hydrogen-bond donors (Lipinski definition) is 1. The molecule has 2 atom stereocenters. The SMILES string of the molecule is CCNCc1ccc(Br)cc1N1CC(OC)C(OC)C1. The van der Waals surface area contributed by atoms with Gasteiger partial charge in [0, 0.05) is 44.0 Å². The summed E-state index contributed by atoms with van der Waals surface area (Å²) in [7, 11) is 3.50. The van der Waals surface area contributed by atoms with Crippen molar-refractivity contribution in [3.8, 4) is 0 Å². The predicted molar refractivity (Wildman–Crippen MR) is 85.3 cm³/mol. The molecular formula is C15H23BrN2O2. The van der Waals surface area contributed by atoms with Crippen molar-refractivity contribution in [2.75, 3.05) is 38.8 Å². The Hall–Kier alpha value is -0.620. The number of halogens is 1. The second-order valence-corrected chi connectivity index (χ2v) is 5.92. The molecule has 0 aromatic heterocycles. The highest BCUT2D eigenvalue weighted by Gasteiger charge is 2.33. The summed E-state index contributed by atoms with van der Waals surface area (Å²) in [4.78, 5) is 2.35. The Morgan fingerprint density at radius 3 is 2.45 bits per heavy atom. The molecule has 1 N–H and O–H groups in total. The average molecular weight is 343 g/mol. The minimum Gasteiger partial charge on any atom is -0.377 e. The third-order valence-corrected chi connectivity index (χ3v) is 4.27. The maximum absolute atomic E-state index is 5.52. The Bertz CT molecular complexity index is 430. The molecule has 0 bridgehead atoms. The molecule has 112 valence electrons. The van der Waals surface area contributed by atoms with Gasteiger partial charge in [-0.2, -0.15) is 0 Å². The number of nitrogens with zero attached hydrogens (tertiary/aromatic N) is 1. The number of rotatable bonds is 6. The van der Waals surface area contributed by atoms with E-state index in [0.717, 1.165) is 30.7 Å². The zero-order valence-electron chi connectivity index (χ0n) is 12.4. The van der Waals surface area contributed by atoms with Crippen LogP contribution in [0.3, 0.4) is 0 Å². The molecule has 0 amide bonds. The van der Waals surface area contributed by atoms with Crippen molar-refractivity contribution in [2.45, 2.75) is 25.7 Å². The Morgan fingerprint density at radius 2 is 1.90 bits per heavy atom. The van der Waals surface area contributed by atoms with Gasteiger partial charge in [0.1, 0.15) is 12.2 Å². The van der Waals surface area contributed by atoms with Crippen molar-refractivity contribution in [3.05, 3.63) is 28.2 Å². The monoisotopic (exact) mass is 342 g/mol. The number of methoxy groups -OCH3 is 2. The van der Waals surface area contributed by atoms with Crippen LogP contribution in [0, 0.1) is 0 Å². The third kappa shape index (κ3) is 3.52. The van der Waals surface area contributed by atoms with Crippen LogP contribution >= 0.6 is 15.9 Å². The van der Waals surface area contributed by atoms with E-state index in [9.17, 15) is 0 Å². The fraction of sp³-hybridized carbons (Fsp3) is 0.600. The lowest BCUT2D eigenvalue weighted by Crippen LogP contribution is -2.27. The van der Waals surface area contributed by atoms with Gasteiger partial charge in [-0.3, -0.25) is 0 Å². The summed E-state index contributed by atoms with van der Waals surface area (Å²) in [5.74, 6) is 0. The van der Waals surface area contributed by atoms with Crippen LogP contribution in [0.1, 0.15) is 12.5 Å². The number of benzene rings is 1. The molecule has 2 unspecified atom stereocenters. The van der Waals surface area contributed by atoms with Gasteiger partial charge < -0.3 is 19.7 Å². The lowest BCUT2D eigenvalue weighted by molar-refractivity contribution is -0.00461. The third-order valence-electron chi connectivity index (χ3n) is 3.77. The van der Waals surface area contributed by atoms with Crippen LogP contribution in [0.5, 0.6) is 0 Å². The molecule has 20 heavy (non-hydrogen) atoms. The van der Waals surface area contributed by atoms with Gasteiger partial charge in [-0.15, -0.1) is 0 Å². The average Bonchev–Trinajstić information content (AvgIpc) is 2.89. The van der Waals surface area contributed by atoms with E-state index in [1.165, 1.54) is 11.3 Å². The van der Waals surface area contributed by atoms with Crippen molar-refractivity contribution < 1.29 is 9.47 Å².